The van der Waals surface area contributed by atoms with Crippen molar-refractivity contribution in [2.75, 3.05) is 25.8 Å². The number of hydrogen-bond donors (Lipinski definition) is 2. The highest BCUT2D eigenvalue weighted by molar-refractivity contribution is 5.95. The molecule has 216 valence electrons. The number of nitrogens with zero attached hydrogens (tertiary/aromatic N) is 1. The van der Waals surface area contributed by atoms with Crippen molar-refractivity contribution in [1.82, 2.24) is 4.90 Å². The van der Waals surface area contributed by atoms with Gasteiger partial charge in [0.2, 0.25) is 12.7 Å². The van der Waals surface area contributed by atoms with Gasteiger partial charge in [-0.15, -0.1) is 0 Å². The number of hydrogen-bond acceptors (Lipinski definition) is 6. The van der Waals surface area contributed by atoms with Crippen LogP contribution in [0, 0.1) is 18.7 Å². The lowest BCUT2D eigenvalue weighted by Gasteiger charge is -2.34. The zero-order valence-corrected chi connectivity index (χ0v) is 23.4. The largest absolute Gasteiger partial charge is 0.497 e. The fourth-order valence-electron chi connectivity index (χ4n) is 5.96. The number of methoxy groups -OCH3 is 1. The number of amides is 1. The molecule has 1 saturated heterocycles. The number of carbonyl (C=O) groups is 2. The minimum absolute atomic E-state index is 0.120. The van der Waals surface area contributed by atoms with Crippen molar-refractivity contribution in [2.45, 2.75) is 51.1 Å². The first-order valence-corrected chi connectivity index (χ1v) is 13.9. The van der Waals surface area contributed by atoms with Gasteiger partial charge in [-0.25, -0.2) is 4.39 Å². The van der Waals surface area contributed by atoms with E-state index in [2.05, 4.69) is 12.2 Å². The maximum atomic E-state index is 13.9. The van der Waals surface area contributed by atoms with Crippen LogP contribution in [0.25, 0.3) is 0 Å². The van der Waals surface area contributed by atoms with E-state index in [4.69, 9.17) is 14.2 Å². The number of fused-ring (bicyclic) bond motifs is 1. The molecule has 0 aliphatic carbocycles. The van der Waals surface area contributed by atoms with Gasteiger partial charge in [0.15, 0.2) is 11.5 Å². The van der Waals surface area contributed by atoms with E-state index in [1.807, 2.05) is 41.3 Å². The van der Waals surface area contributed by atoms with Gasteiger partial charge in [0.05, 0.1) is 19.1 Å². The van der Waals surface area contributed by atoms with Gasteiger partial charge in [0.1, 0.15) is 11.6 Å². The third-order valence-corrected chi connectivity index (χ3v) is 8.07. The first-order valence-electron chi connectivity index (χ1n) is 13.9. The van der Waals surface area contributed by atoms with Crippen LogP contribution in [0.1, 0.15) is 54.8 Å². The topological polar surface area (TPSA) is 97.3 Å². The van der Waals surface area contributed by atoms with Crippen molar-refractivity contribution in [3.63, 3.8) is 0 Å². The standard InChI is InChI=1S/C32H35FN2O6/c1-4-5-6-26(31(36)34-22-10-13-25(33)19(2)15-22)35-17-24(21-9-14-27-28(16-21)41-18-40-27)29(32(37)38)30(35)20-7-11-23(39-3)12-8-20/h7-16,24,26,29-30H,4-6,17-18H2,1-3H3,(H,34,36)(H,37,38). The van der Waals surface area contributed by atoms with Crippen molar-refractivity contribution in [1.29, 1.82) is 0 Å². The molecule has 1 fully saturated rings. The van der Waals surface area contributed by atoms with Gasteiger partial charge in [0, 0.05) is 24.2 Å². The third kappa shape index (κ3) is 5.86. The lowest BCUT2D eigenvalue weighted by molar-refractivity contribution is -0.143. The Hall–Kier alpha value is -4.11. The molecule has 2 aliphatic rings. The summed E-state index contributed by atoms with van der Waals surface area (Å²) in [5, 5.41) is 13.6. The fraction of sp³-hybridized carbons (Fsp3) is 0.375. The highest BCUT2D eigenvalue weighted by Crippen LogP contribution is 2.49. The molecule has 9 heteroatoms. The number of benzene rings is 3. The number of aliphatic carboxylic acids is 1. The summed E-state index contributed by atoms with van der Waals surface area (Å²) in [6.45, 7) is 4.16. The quantitative estimate of drug-likeness (QED) is 0.317. The second-order valence-electron chi connectivity index (χ2n) is 10.6. The summed E-state index contributed by atoms with van der Waals surface area (Å²) < 4.78 is 30.3. The molecule has 0 aromatic heterocycles. The summed E-state index contributed by atoms with van der Waals surface area (Å²) in [5.74, 6) is -0.939. The number of aryl methyl sites for hydroxylation is 1. The maximum Gasteiger partial charge on any atom is 0.309 e. The van der Waals surface area contributed by atoms with Crippen LogP contribution in [0.15, 0.2) is 60.7 Å². The van der Waals surface area contributed by atoms with Gasteiger partial charge in [-0.05, 0) is 72.5 Å². The number of carbonyl (C=O) groups excluding carboxylic acids is 1. The number of halogens is 1. The number of ether oxygens (including phenoxy) is 3. The van der Waals surface area contributed by atoms with E-state index in [9.17, 15) is 19.1 Å². The van der Waals surface area contributed by atoms with Crippen molar-refractivity contribution < 1.29 is 33.3 Å². The average molecular weight is 563 g/mol. The SMILES string of the molecule is CCCCC(C(=O)Nc1ccc(F)c(C)c1)N1CC(c2ccc3c(c2)OCO3)C(C(=O)O)C1c1ccc(OC)cc1. The second kappa shape index (κ2) is 12.2. The molecule has 0 spiro atoms. The van der Waals surface area contributed by atoms with Gasteiger partial charge in [0.25, 0.3) is 0 Å². The predicted molar refractivity (Wildman–Crippen MR) is 152 cm³/mol. The molecule has 0 saturated carbocycles. The van der Waals surface area contributed by atoms with E-state index < -0.39 is 29.9 Å². The Morgan fingerprint density at radius 1 is 1.07 bits per heavy atom. The van der Waals surface area contributed by atoms with E-state index in [1.54, 1.807) is 26.2 Å². The molecule has 4 atom stereocenters. The summed E-state index contributed by atoms with van der Waals surface area (Å²) in [7, 11) is 1.58. The van der Waals surface area contributed by atoms with Crippen LogP contribution < -0.4 is 19.5 Å². The molecule has 41 heavy (non-hydrogen) atoms. The number of carboxylic acid groups (broad SMARTS) is 1. The Kier molecular flexibility index (Phi) is 8.44. The molecule has 2 N–H and O–H groups in total. The molecule has 2 heterocycles. The van der Waals surface area contributed by atoms with Crippen LogP contribution in [-0.4, -0.2) is 48.4 Å². The molecule has 1 amide bonds. The minimum Gasteiger partial charge on any atom is -0.497 e. The Labute approximate surface area is 239 Å². The summed E-state index contributed by atoms with van der Waals surface area (Å²) in [4.78, 5) is 28.9. The number of rotatable bonds is 10. The Balaban J connectivity index is 1.56. The van der Waals surface area contributed by atoms with Crippen LogP contribution in [0.2, 0.25) is 0 Å². The van der Waals surface area contributed by atoms with Crippen LogP contribution in [0.5, 0.6) is 17.2 Å². The lowest BCUT2D eigenvalue weighted by Crippen LogP contribution is -2.45. The Morgan fingerprint density at radius 2 is 1.80 bits per heavy atom. The number of unbranched alkanes of at least 4 members (excludes halogenated alkanes) is 1. The zero-order valence-electron chi connectivity index (χ0n) is 23.4. The smallest absolute Gasteiger partial charge is 0.309 e. The maximum absolute atomic E-state index is 13.9. The van der Waals surface area contributed by atoms with Crippen molar-refractivity contribution in [2.24, 2.45) is 5.92 Å². The highest BCUT2D eigenvalue weighted by Gasteiger charge is 2.50. The third-order valence-electron chi connectivity index (χ3n) is 8.07. The first-order chi connectivity index (χ1) is 19.8. The number of carboxylic acids is 1. The van der Waals surface area contributed by atoms with Gasteiger partial charge >= 0.3 is 5.97 Å². The molecule has 2 aliphatic heterocycles. The molecule has 0 radical (unpaired) electrons. The second-order valence-corrected chi connectivity index (χ2v) is 10.6. The number of nitrogens with one attached hydrogen (secondary N) is 1. The van der Waals surface area contributed by atoms with Crippen LogP contribution in [0.4, 0.5) is 10.1 Å². The van der Waals surface area contributed by atoms with E-state index in [0.717, 1.165) is 24.0 Å². The summed E-state index contributed by atoms with van der Waals surface area (Å²) in [6.07, 6.45) is 2.18. The molecular weight excluding hydrogens is 527 g/mol. The van der Waals surface area contributed by atoms with Crippen LogP contribution in [-0.2, 0) is 9.59 Å². The van der Waals surface area contributed by atoms with Crippen LogP contribution >= 0.6 is 0 Å². The van der Waals surface area contributed by atoms with Gasteiger partial charge in [-0.2, -0.15) is 0 Å². The van der Waals surface area contributed by atoms with Gasteiger partial charge in [-0.1, -0.05) is 38.0 Å². The van der Waals surface area contributed by atoms with E-state index in [-0.39, 0.29) is 18.5 Å². The molecule has 5 rings (SSSR count). The number of anilines is 1. The van der Waals surface area contributed by atoms with E-state index in [1.165, 1.54) is 12.1 Å². The van der Waals surface area contributed by atoms with Crippen molar-refractivity contribution >= 4 is 17.6 Å². The molecule has 3 aromatic rings. The first kappa shape index (κ1) is 28.4. The monoisotopic (exact) mass is 562 g/mol. The van der Waals surface area contributed by atoms with Gasteiger partial charge in [-0.3, -0.25) is 14.5 Å². The predicted octanol–water partition coefficient (Wildman–Crippen LogP) is 5.91. The van der Waals surface area contributed by atoms with Crippen LogP contribution in [0.3, 0.4) is 0 Å². The molecule has 3 aromatic carbocycles. The lowest BCUT2D eigenvalue weighted by atomic mass is 9.82. The average Bonchev–Trinajstić information content (AvgIpc) is 3.60. The normalized spacial score (nSPS) is 20.5. The highest BCUT2D eigenvalue weighted by atomic mass is 19.1. The van der Waals surface area contributed by atoms with E-state index >= 15 is 0 Å². The summed E-state index contributed by atoms with van der Waals surface area (Å²) in [5.41, 5.74) is 2.52. The number of likely N-dealkylation sites (tertiary alicyclic amines) is 1. The Bertz CT molecular complexity index is 1410. The zero-order chi connectivity index (χ0) is 29.1. The molecule has 8 nitrogen and oxygen atoms in total. The van der Waals surface area contributed by atoms with Crippen molar-refractivity contribution in [3.8, 4) is 17.2 Å². The summed E-state index contributed by atoms with van der Waals surface area (Å²) >= 11 is 0. The molecular formula is C32H35FN2O6. The Morgan fingerprint density at radius 3 is 2.49 bits per heavy atom. The summed E-state index contributed by atoms with van der Waals surface area (Å²) in [6, 6.07) is 16.2. The van der Waals surface area contributed by atoms with Crippen molar-refractivity contribution in [3.05, 3.63) is 83.2 Å². The molecule has 0 bridgehead atoms. The van der Waals surface area contributed by atoms with E-state index in [0.29, 0.717) is 41.5 Å². The minimum atomic E-state index is -0.945. The fourth-order valence-corrected chi connectivity index (χ4v) is 5.96. The molecule has 4 unspecified atom stereocenters. The van der Waals surface area contributed by atoms with Gasteiger partial charge < -0.3 is 24.6 Å².